The Morgan fingerprint density at radius 2 is 1.79 bits per heavy atom. The van der Waals surface area contributed by atoms with Gasteiger partial charge in [0.15, 0.2) is 5.82 Å². The van der Waals surface area contributed by atoms with Gasteiger partial charge in [0.05, 0.1) is 17.5 Å². The minimum Gasteiger partial charge on any atom is -0.488 e. The summed E-state index contributed by atoms with van der Waals surface area (Å²) >= 11 is 0. The average Bonchev–Trinajstić information content (AvgIpc) is 3.44. The number of ether oxygens (including phenoxy) is 1. The lowest BCUT2D eigenvalue weighted by Gasteiger charge is -2.33. The van der Waals surface area contributed by atoms with Crippen molar-refractivity contribution >= 4 is 27.6 Å². The number of hydrogen-bond donors (Lipinski definition) is 1. The van der Waals surface area contributed by atoms with E-state index in [0.717, 1.165) is 35.9 Å². The minimum atomic E-state index is -4.43. The number of alkyl halides is 3. The van der Waals surface area contributed by atoms with Gasteiger partial charge in [-0.25, -0.2) is 13.2 Å². The molecule has 1 N–H and O–H groups in total. The van der Waals surface area contributed by atoms with Gasteiger partial charge in [0, 0.05) is 51.3 Å². The van der Waals surface area contributed by atoms with Gasteiger partial charge in [-0.3, -0.25) is 4.72 Å². The number of carbonyl (C=O) groups is 1. The maximum absolute atomic E-state index is 13.2. The molecule has 0 saturated carbocycles. The summed E-state index contributed by atoms with van der Waals surface area (Å²) in [6, 6.07) is 4.56. The molecular weight excluding hydrogens is 475 g/mol. The Morgan fingerprint density at radius 3 is 2.41 bits per heavy atom. The SMILES string of the molecule is CS(=O)(=O)Nc1ccn(C(=O)N2CCC(Oc3ccc(C(F)(F)F)cc3N3CCCC3)CC2)n1. The monoisotopic (exact) mass is 501 g/mol. The maximum Gasteiger partial charge on any atom is 0.416 e. The Hall–Kier alpha value is -2.96. The minimum absolute atomic E-state index is 0.0471. The molecule has 34 heavy (non-hydrogen) atoms. The second kappa shape index (κ2) is 9.35. The fourth-order valence-corrected chi connectivity index (χ4v) is 4.65. The Bertz CT molecular complexity index is 1140. The smallest absolute Gasteiger partial charge is 0.416 e. The van der Waals surface area contributed by atoms with Gasteiger partial charge in [-0.05, 0) is 31.0 Å². The number of amides is 1. The molecule has 13 heteroatoms. The molecule has 0 unspecified atom stereocenters. The van der Waals surface area contributed by atoms with Crippen LogP contribution < -0.4 is 14.4 Å². The lowest BCUT2D eigenvalue weighted by Crippen LogP contribution is -2.43. The van der Waals surface area contributed by atoms with Crippen molar-refractivity contribution in [1.29, 1.82) is 0 Å². The number of sulfonamides is 1. The number of rotatable bonds is 5. The fourth-order valence-electron chi connectivity index (χ4n) is 4.16. The van der Waals surface area contributed by atoms with Crippen molar-refractivity contribution in [3.63, 3.8) is 0 Å². The second-order valence-electron chi connectivity index (χ2n) is 8.48. The lowest BCUT2D eigenvalue weighted by atomic mass is 10.1. The van der Waals surface area contributed by atoms with E-state index in [1.54, 1.807) is 4.90 Å². The summed E-state index contributed by atoms with van der Waals surface area (Å²) < 4.78 is 71.8. The van der Waals surface area contributed by atoms with E-state index in [1.165, 1.54) is 18.3 Å². The molecule has 186 valence electrons. The van der Waals surface area contributed by atoms with Gasteiger partial charge >= 0.3 is 12.2 Å². The number of halogens is 3. The van der Waals surface area contributed by atoms with Crippen molar-refractivity contribution in [2.24, 2.45) is 0 Å². The van der Waals surface area contributed by atoms with Crippen molar-refractivity contribution in [2.75, 3.05) is 42.1 Å². The van der Waals surface area contributed by atoms with Gasteiger partial charge in [-0.15, -0.1) is 5.10 Å². The van der Waals surface area contributed by atoms with E-state index in [-0.39, 0.29) is 11.9 Å². The predicted molar refractivity (Wildman–Crippen MR) is 120 cm³/mol. The molecule has 0 aliphatic carbocycles. The summed E-state index contributed by atoms with van der Waals surface area (Å²) in [6.45, 7) is 2.12. The Balaban J connectivity index is 1.40. The van der Waals surface area contributed by atoms with E-state index < -0.39 is 27.8 Å². The molecule has 0 spiro atoms. The first-order chi connectivity index (χ1) is 16.0. The molecule has 0 atom stereocenters. The van der Waals surface area contributed by atoms with Crippen LogP contribution in [0.5, 0.6) is 5.75 Å². The summed E-state index contributed by atoms with van der Waals surface area (Å²) in [7, 11) is -3.51. The number of carbonyl (C=O) groups excluding carboxylic acids is 1. The third-order valence-electron chi connectivity index (χ3n) is 5.81. The molecule has 2 aromatic rings. The van der Waals surface area contributed by atoms with Crippen molar-refractivity contribution in [1.82, 2.24) is 14.7 Å². The van der Waals surface area contributed by atoms with Crippen LogP contribution in [0.3, 0.4) is 0 Å². The molecule has 9 nitrogen and oxygen atoms in total. The number of aromatic nitrogens is 2. The highest BCUT2D eigenvalue weighted by Gasteiger charge is 2.33. The number of likely N-dealkylation sites (tertiary alicyclic amines) is 1. The number of nitrogens with one attached hydrogen (secondary N) is 1. The van der Waals surface area contributed by atoms with Gasteiger partial charge in [0.2, 0.25) is 10.0 Å². The highest BCUT2D eigenvalue weighted by molar-refractivity contribution is 7.92. The molecule has 2 aliphatic rings. The van der Waals surface area contributed by atoms with Crippen LogP contribution in [-0.4, -0.2) is 67.7 Å². The molecule has 1 aromatic carbocycles. The van der Waals surface area contributed by atoms with Crippen molar-refractivity contribution in [2.45, 2.75) is 38.0 Å². The first kappa shape index (κ1) is 24.2. The van der Waals surface area contributed by atoms with Crippen LogP contribution in [0, 0.1) is 0 Å². The lowest BCUT2D eigenvalue weighted by molar-refractivity contribution is -0.137. The van der Waals surface area contributed by atoms with E-state index >= 15 is 0 Å². The van der Waals surface area contributed by atoms with Crippen LogP contribution >= 0.6 is 0 Å². The van der Waals surface area contributed by atoms with E-state index in [0.29, 0.717) is 50.5 Å². The second-order valence-corrected chi connectivity index (χ2v) is 10.2. The molecule has 2 saturated heterocycles. The van der Waals surface area contributed by atoms with Crippen LogP contribution in [0.4, 0.5) is 29.5 Å². The standard InChI is InChI=1S/C21H26F3N5O4S/c1-34(31,32)26-19-8-13-29(25-19)20(30)28-11-6-16(7-12-28)33-18-5-4-15(21(22,23)24)14-17(18)27-9-2-3-10-27/h4-5,8,13-14,16H,2-3,6-7,9-12H2,1H3,(H,25,26). The molecule has 4 rings (SSSR count). The third kappa shape index (κ3) is 5.75. The highest BCUT2D eigenvalue weighted by atomic mass is 32.2. The summed E-state index contributed by atoms with van der Waals surface area (Å²) in [5, 5.41) is 3.95. The quantitative estimate of drug-likeness (QED) is 0.675. The van der Waals surface area contributed by atoms with Gasteiger partial charge in [0.1, 0.15) is 11.9 Å². The van der Waals surface area contributed by atoms with Crippen molar-refractivity contribution in [3.05, 3.63) is 36.0 Å². The van der Waals surface area contributed by atoms with Crippen LogP contribution in [0.25, 0.3) is 0 Å². The van der Waals surface area contributed by atoms with Crippen molar-refractivity contribution in [3.8, 4) is 5.75 Å². The Morgan fingerprint density at radius 1 is 1.12 bits per heavy atom. The van der Waals surface area contributed by atoms with Gasteiger partial charge < -0.3 is 14.5 Å². The molecule has 1 aromatic heterocycles. The normalized spacial score (nSPS) is 17.8. The van der Waals surface area contributed by atoms with E-state index in [2.05, 4.69) is 9.82 Å². The summed E-state index contributed by atoms with van der Waals surface area (Å²) in [6.07, 6.45) is 0.539. The molecule has 3 heterocycles. The van der Waals surface area contributed by atoms with Gasteiger partial charge in [-0.1, -0.05) is 0 Å². The van der Waals surface area contributed by atoms with Crippen molar-refractivity contribution < 1.29 is 31.1 Å². The fraction of sp³-hybridized carbons (Fsp3) is 0.524. The molecule has 0 radical (unpaired) electrons. The number of piperidine rings is 1. The first-order valence-corrected chi connectivity index (χ1v) is 12.8. The predicted octanol–water partition coefficient (Wildman–Crippen LogP) is 3.39. The number of nitrogens with zero attached hydrogens (tertiary/aromatic N) is 4. The maximum atomic E-state index is 13.2. The molecular formula is C21H26F3N5O4S. The topological polar surface area (TPSA) is 96.8 Å². The number of benzene rings is 1. The number of anilines is 2. The number of hydrogen-bond acceptors (Lipinski definition) is 6. The van der Waals surface area contributed by atoms with Gasteiger partial charge in [-0.2, -0.15) is 17.9 Å². The van der Waals surface area contributed by atoms with Crippen LogP contribution in [-0.2, 0) is 16.2 Å². The zero-order valence-electron chi connectivity index (χ0n) is 18.6. The summed E-state index contributed by atoms with van der Waals surface area (Å²) in [5.74, 6) is 0.467. The highest BCUT2D eigenvalue weighted by Crippen LogP contribution is 2.39. The van der Waals surface area contributed by atoms with Crippen LogP contribution in [0.1, 0.15) is 31.2 Å². The first-order valence-electron chi connectivity index (χ1n) is 11.0. The summed E-state index contributed by atoms with van der Waals surface area (Å²) in [5.41, 5.74) is -0.251. The zero-order chi connectivity index (χ0) is 24.5. The Labute approximate surface area is 195 Å². The zero-order valence-corrected chi connectivity index (χ0v) is 19.4. The van der Waals surface area contributed by atoms with Crippen LogP contribution in [0.15, 0.2) is 30.5 Å². The van der Waals surface area contributed by atoms with E-state index in [1.807, 2.05) is 4.90 Å². The third-order valence-corrected chi connectivity index (χ3v) is 6.39. The van der Waals surface area contributed by atoms with E-state index in [9.17, 15) is 26.4 Å². The molecule has 1 amide bonds. The van der Waals surface area contributed by atoms with E-state index in [4.69, 9.17) is 4.74 Å². The Kier molecular flexibility index (Phi) is 6.65. The molecule has 0 bridgehead atoms. The largest absolute Gasteiger partial charge is 0.488 e. The summed E-state index contributed by atoms with van der Waals surface area (Å²) in [4.78, 5) is 16.2. The van der Waals surface area contributed by atoms with Crippen LogP contribution in [0.2, 0.25) is 0 Å². The molecule has 2 aliphatic heterocycles. The average molecular weight is 502 g/mol. The molecule has 2 fully saturated rings. The van der Waals surface area contributed by atoms with Gasteiger partial charge in [0.25, 0.3) is 0 Å².